The van der Waals surface area contributed by atoms with Crippen LogP contribution < -0.4 is 9.13 Å². The Hall–Kier alpha value is -2.72. The first kappa shape index (κ1) is 29.4. The van der Waals surface area contributed by atoms with Crippen LogP contribution in [0.5, 0.6) is 0 Å². The van der Waals surface area contributed by atoms with Crippen molar-refractivity contribution in [3.8, 4) is 11.1 Å². The third-order valence-corrected chi connectivity index (χ3v) is 10.7. The van der Waals surface area contributed by atoms with E-state index in [2.05, 4.69) is 175 Å². The molecule has 42 heavy (non-hydrogen) atoms. The molecule has 0 unspecified atom stereocenters. The Morgan fingerprint density at radius 2 is 1.05 bits per heavy atom. The van der Waals surface area contributed by atoms with Crippen molar-refractivity contribution in [2.24, 2.45) is 0 Å². The summed E-state index contributed by atoms with van der Waals surface area (Å²) in [6, 6.07) is 27.3. The monoisotopic (exact) mass is 780 g/mol. The Morgan fingerprint density at radius 3 is 1.48 bits per heavy atom. The zero-order chi connectivity index (χ0) is 29.1. The van der Waals surface area contributed by atoms with E-state index < -0.39 is 0 Å². The summed E-state index contributed by atoms with van der Waals surface area (Å²) in [6.45, 7) is 8.39. The lowest BCUT2D eigenvalue weighted by Crippen LogP contribution is -2.36. The molecule has 0 aliphatic heterocycles. The molecule has 0 fully saturated rings. The van der Waals surface area contributed by atoms with Gasteiger partial charge in [0.2, 0.25) is 0 Å². The van der Waals surface area contributed by atoms with Gasteiger partial charge in [0.05, 0.1) is 58.3 Å². The van der Waals surface area contributed by atoms with Gasteiger partial charge in [-0.1, -0.05) is 87.4 Å². The van der Waals surface area contributed by atoms with Crippen molar-refractivity contribution in [1.29, 1.82) is 0 Å². The van der Waals surface area contributed by atoms with E-state index in [-0.39, 0.29) is 0 Å². The van der Waals surface area contributed by atoms with E-state index in [1.165, 1.54) is 77.1 Å². The summed E-state index contributed by atoms with van der Waals surface area (Å²) < 4.78 is 12.0. The van der Waals surface area contributed by atoms with Crippen LogP contribution in [0.15, 0.2) is 97.6 Å². The van der Waals surface area contributed by atoms with Crippen LogP contribution in [-0.4, -0.2) is 9.13 Å². The van der Waals surface area contributed by atoms with E-state index >= 15 is 0 Å². The highest BCUT2D eigenvalue weighted by atomic mass is 127. The maximum Gasteiger partial charge on any atom is 0.317 e. The predicted octanol–water partition coefficient (Wildman–Crippen LogP) is 8.74. The molecule has 0 radical (unpaired) electrons. The van der Waals surface area contributed by atoms with Gasteiger partial charge in [0.15, 0.2) is 0 Å². The van der Waals surface area contributed by atoms with E-state index in [0.29, 0.717) is 0 Å². The molecule has 0 saturated carbocycles. The van der Waals surface area contributed by atoms with Crippen molar-refractivity contribution >= 4 is 66.7 Å². The third kappa shape index (κ3) is 6.16. The second kappa shape index (κ2) is 13.3. The van der Waals surface area contributed by atoms with Gasteiger partial charge >= 0.3 is 7.66 Å². The van der Waals surface area contributed by atoms with Gasteiger partial charge < -0.3 is 0 Å². The Morgan fingerprint density at radius 1 is 0.595 bits per heavy atom. The molecule has 0 amide bonds. The lowest BCUT2D eigenvalue weighted by molar-refractivity contribution is -0.700. The molecule has 4 aromatic carbocycles. The van der Waals surface area contributed by atoms with Gasteiger partial charge in [0.25, 0.3) is 0 Å². The third-order valence-electron chi connectivity index (χ3n) is 8.27. The zero-order valence-electron chi connectivity index (χ0n) is 24.4. The van der Waals surface area contributed by atoms with Gasteiger partial charge in [-0.3, -0.25) is 0 Å². The fourth-order valence-corrected chi connectivity index (χ4v) is 7.27. The number of imidazole rings is 2. The van der Waals surface area contributed by atoms with Crippen molar-refractivity contribution in [1.82, 2.24) is 9.13 Å². The standard InChI is InChI=1S/C36H38I2N4/c1-3-5-17-39-19-21-41(35(39)37)25-31-11-7-9-27-13-15-29(23-33(27)31)30-16-14-28-10-8-12-32(34(28)24-30)26-42-22-20-40(36(42)38)18-6-4-2/h7-16,19-24H,3-6,17-18,25-26H2,1-2H3/q+2. The minimum absolute atomic E-state index is 0.869. The highest BCUT2D eigenvalue weighted by Gasteiger charge is 2.17. The number of hydrogen-bond donors (Lipinski definition) is 0. The maximum absolute atomic E-state index is 2.49. The van der Waals surface area contributed by atoms with E-state index in [0.717, 1.165) is 26.2 Å². The number of nitrogens with zero attached hydrogens (tertiary/aromatic N) is 4. The summed E-state index contributed by atoms with van der Waals surface area (Å²) >= 11 is 4.98. The van der Waals surface area contributed by atoms with Crippen LogP contribution in [0.2, 0.25) is 0 Å². The number of halogens is 2. The molecule has 6 rings (SSSR count). The zero-order valence-corrected chi connectivity index (χ0v) is 28.8. The summed E-state index contributed by atoms with van der Waals surface area (Å²) in [5, 5.41) is 5.23. The summed E-state index contributed by atoms with van der Waals surface area (Å²) in [4.78, 5) is 0. The first-order chi connectivity index (χ1) is 20.6. The number of unbranched alkanes of at least 4 members (excludes halogenated alkanes) is 2. The molecular weight excluding hydrogens is 742 g/mol. The van der Waals surface area contributed by atoms with E-state index in [9.17, 15) is 0 Å². The van der Waals surface area contributed by atoms with Crippen molar-refractivity contribution in [3.63, 3.8) is 0 Å². The number of aromatic nitrogens is 4. The molecule has 0 aliphatic rings. The largest absolute Gasteiger partial charge is 0.317 e. The number of benzene rings is 4. The van der Waals surface area contributed by atoms with Crippen LogP contribution in [0.4, 0.5) is 0 Å². The maximum atomic E-state index is 2.49. The van der Waals surface area contributed by atoms with Gasteiger partial charge in [-0.05, 0) is 57.6 Å². The molecule has 0 bridgehead atoms. The summed E-state index contributed by atoms with van der Waals surface area (Å²) in [5.74, 6) is 0. The van der Waals surface area contributed by atoms with Crippen molar-refractivity contribution < 1.29 is 9.13 Å². The van der Waals surface area contributed by atoms with E-state index in [1.807, 2.05) is 0 Å². The minimum atomic E-state index is 0.869. The number of fused-ring (bicyclic) bond motifs is 2. The molecule has 0 saturated heterocycles. The van der Waals surface area contributed by atoms with Gasteiger partial charge in [-0.15, -0.1) is 0 Å². The molecule has 6 aromatic rings. The van der Waals surface area contributed by atoms with Crippen LogP contribution in [-0.2, 0) is 26.2 Å². The molecule has 0 atom stereocenters. The Labute approximate surface area is 276 Å². The van der Waals surface area contributed by atoms with Crippen LogP contribution >= 0.6 is 45.2 Å². The molecule has 2 aromatic heterocycles. The molecule has 214 valence electrons. The SMILES string of the molecule is CCCCn1cc[n+](Cc2cccc3ccc(-c4ccc5cccc(C[n+]6ccn(CCCC)c6I)c5c4)cc23)c1I. The quantitative estimate of drug-likeness (QED) is 0.0926. The number of hydrogen-bond acceptors (Lipinski definition) is 0. The summed E-state index contributed by atoms with van der Waals surface area (Å²) in [6.07, 6.45) is 13.7. The average molecular weight is 781 g/mol. The summed E-state index contributed by atoms with van der Waals surface area (Å²) in [5.41, 5.74) is 5.23. The fourth-order valence-electron chi connectivity index (χ4n) is 5.80. The minimum Gasteiger partial charge on any atom is -0.225 e. The van der Waals surface area contributed by atoms with Gasteiger partial charge in [0.1, 0.15) is 37.9 Å². The van der Waals surface area contributed by atoms with Crippen LogP contribution in [0.25, 0.3) is 32.7 Å². The molecule has 0 spiro atoms. The van der Waals surface area contributed by atoms with Crippen molar-refractivity contribution in [2.75, 3.05) is 0 Å². The lowest BCUT2D eigenvalue weighted by atomic mass is 9.95. The van der Waals surface area contributed by atoms with E-state index in [4.69, 9.17) is 0 Å². The van der Waals surface area contributed by atoms with Gasteiger partial charge in [-0.2, -0.15) is 0 Å². The van der Waals surface area contributed by atoms with Crippen LogP contribution in [0.1, 0.15) is 50.7 Å². The van der Waals surface area contributed by atoms with E-state index in [1.54, 1.807) is 0 Å². The van der Waals surface area contributed by atoms with Gasteiger partial charge in [-0.25, -0.2) is 18.3 Å². The lowest BCUT2D eigenvalue weighted by Gasteiger charge is -2.11. The van der Waals surface area contributed by atoms with Crippen molar-refractivity contribution in [3.05, 3.63) is 116 Å². The van der Waals surface area contributed by atoms with Crippen molar-refractivity contribution in [2.45, 2.75) is 65.7 Å². The second-order valence-corrected chi connectivity index (χ2v) is 13.1. The fraction of sp³-hybridized carbons (Fsp3) is 0.278. The Kier molecular flexibility index (Phi) is 9.29. The second-order valence-electron chi connectivity index (χ2n) is 11.2. The molecule has 0 aliphatic carbocycles. The molecule has 0 N–H and O–H groups in total. The highest BCUT2D eigenvalue weighted by molar-refractivity contribution is 14.1. The number of aryl methyl sites for hydroxylation is 2. The molecule has 2 heterocycles. The van der Waals surface area contributed by atoms with Gasteiger partial charge in [0, 0.05) is 11.1 Å². The smallest absolute Gasteiger partial charge is 0.225 e. The Bertz CT molecular complexity index is 1710. The summed E-state index contributed by atoms with van der Waals surface area (Å²) in [7, 11) is 0. The van der Waals surface area contributed by atoms with Crippen LogP contribution in [0, 0.1) is 7.66 Å². The first-order valence-electron chi connectivity index (χ1n) is 15.1. The van der Waals surface area contributed by atoms with Crippen LogP contribution in [0.3, 0.4) is 0 Å². The molecule has 4 nitrogen and oxygen atoms in total. The topological polar surface area (TPSA) is 17.6 Å². The average Bonchev–Trinajstić information content (AvgIpc) is 3.55. The Balaban J connectivity index is 1.33. The number of rotatable bonds is 11. The molecule has 6 heteroatoms. The highest BCUT2D eigenvalue weighted by Crippen LogP contribution is 2.30. The molecular formula is C36H38I2N4+2. The first-order valence-corrected chi connectivity index (χ1v) is 17.2. The normalized spacial score (nSPS) is 11.6. The predicted molar refractivity (Wildman–Crippen MR) is 190 cm³/mol.